The molecule has 1 aromatic heterocycles. The average molecular weight is 234 g/mol. The molecule has 0 radical (unpaired) electrons. The van der Waals surface area contributed by atoms with Crippen LogP contribution in [0.2, 0.25) is 0 Å². The van der Waals surface area contributed by atoms with E-state index in [1.807, 2.05) is 0 Å². The Kier molecular flexibility index (Phi) is 3.90. The molecular weight excluding hydrogens is 216 g/mol. The highest BCUT2D eigenvalue weighted by Gasteiger charge is 2.16. The molecule has 92 valence electrons. The summed E-state index contributed by atoms with van der Waals surface area (Å²) in [5.41, 5.74) is 0.377. The first-order valence-electron chi connectivity index (χ1n) is 6.09. The highest BCUT2D eigenvalue weighted by atomic mass is 16.1. The lowest BCUT2D eigenvalue weighted by atomic mass is 10.1. The minimum atomic E-state index is -0.132. The SMILES string of the molecule is CNc1ccc(C(=O)NCC2CCCC2)nn1. The van der Waals surface area contributed by atoms with Gasteiger partial charge in [-0.25, -0.2) is 0 Å². The molecule has 1 heterocycles. The second-order valence-corrected chi connectivity index (χ2v) is 4.41. The van der Waals surface area contributed by atoms with Crippen molar-refractivity contribution in [3.8, 4) is 0 Å². The summed E-state index contributed by atoms with van der Waals surface area (Å²) in [4.78, 5) is 11.8. The summed E-state index contributed by atoms with van der Waals surface area (Å²) >= 11 is 0. The highest BCUT2D eigenvalue weighted by Crippen LogP contribution is 2.23. The van der Waals surface area contributed by atoms with Crippen molar-refractivity contribution in [3.05, 3.63) is 17.8 Å². The fraction of sp³-hybridized carbons (Fsp3) is 0.583. The van der Waals surface area contributed by atoms with Gasteiger partial charge in [0.2, 0.25) is 0 Å². The maximum atomic E-state index is 11.8. The Labute approximate surface area is 101 Å². The van der Waals surface area contributed by atoms with Gasteiger partial charge in [-0.1, -0.05) is 12.8 Å². The van der Waals surface area contributed by atoms with Gasteiger partial charge in [-0.05, 0) is 30.9 Å². The normalized spacial score (nSPS) is 15.8. The van der Waals surface area contributed by atoms with Gasteiger partial charge in [-0.2, -0.15) is 0 Å². The van der Waals surface area contributed by atoms with E-state index >= 15 is 0 Å². The van der Waals surface area contributed by atoms with Gasteiger partial charge >= 0.3 is 0 Å². The third-order valence-corrected chi connectivity index (χ3v) is 3.18. The smallest absolute Gasteiger partial charge is 0.271 e. The standard InChI is InChI=1S/C12H18N4O/c1-13-11-7-6-10(15-16-11)12(17)14-8-9-4-2-3-5-9/h6-7,9H,2-5,8H2,1H3,(H,13,16)(H,14,17). The molecule has 1 aromatic rings. The molecule has 0 bridgehead atoms. The van der Waals surface area contributed by atoms with E-state index < -0.39 is 0 Å². The molecule has 1 fully saturated rings. The van der Waals surface area contributed by atoms with Gasteiger partial charge in [0.05, 0.1) is 0 Å². The minimum absolute atomic E-state index is 0.132. The zero-order valence-electron chi connectivity index (χ0n) is 10.1. The van der Waals surface area contributed by atoms with Crippen LogP contribution in [0.5, 0.6) is 0 Å². The maximum absolute atomic E-state index is 11.8. The van der Waals surface area contributed by atoms with Crippen molar-refractivity contribution in [1.29, 1.82) is 0 Å². The van der Waals surface area contributed by atoms with E-state index in [-0.39, 0.29) is 5.91 Å². The summed E-state index contributed by atoms with van der Waals surface area (Å²) in [6, 6.07) is 3.43. The molecule has 0 atom stereocenters. The number of amides is 1. The first kappa shape index (κ1) is 11.8. The summed E-state index contributed by atoms with van der Waals surface area (Å²) in [5.74, 6) is 1.17. The molecule has 0 aromatic carbocycles. The van der Waals surface area contributed by atoms with E-state index in [9.17, 15) is 4.79 Å². The summed E-state index contributed by atoms with van der Waals surface area (Å²) in [6.45, 7) is 0.758. The monoisotopic (exact) mass is 234 g/mol. The molecule has 1 saturated carbocycles. The quantitative estimate of drug-likeness (QED) is 0.827. The van der Waals surface area contributed by atoms with Crippen LogP contribution in [0.15, 0.2) is 12.1 Å². The number of hydrogen-bond acceptors (Lipinski definition) is 4. The summed E-state index contributed by atoms with van der Waals surface area (Å²) in [7, 11) is 1.77. The summed E-state index contributed by atoms with van der Waals surface area (Å²) in [5, 5.41) is 13.5. The minimum Gasteiger partial charge on any atom is -0.372 e. The van der Waals surface area contributed by atoms with E-state index in [1.165, 1.54) is 25.7 Å². The van der Waals surface area contributed by atoms with Crippen molar-refractivity contribution in [2.24, 2.45) is 5.92 Å². The van der Waals surface area contributed by atoms with Gasteiger partial charge in [0.15, 0.2) is 5.69 Å². The van der Waals surface area contributed by atoms with Crippen LogP contribution >= 0.6 is 0 Å². The maximum Gasteiger partial charge on any atom is 0.271 e. The number of carbonyl (C=O) groups excluding carboxylic acids is 1. The van der Waals surface area contributed by atoms with Crippen LogP contribution in [-0.2, 0) is 0 Å². The van der Waals surface area contributed by atoms with Crippen LogP contribution in [0.1, 0.15) is 36.2 Å². The fourth-order valence-corrected chi connectivity index (χ4v) is 2.13. The first-order valence-corrected chi connectivity index (χ1v) is 6.09. The average Bonchev–Trinajstić information content (AvgIpc) is 2.89. The van der Waals surface area contributed by atoms with Crippen molar-refractivity contribution < 1.29 is 4.79 Å². The lowest BCUT2D eigenvalue weighted by Crippen LogP contribution is -2.29. The largest absolute Gasteiger partial charge is 0.372 e. The van der Waals surface area contributed by atoms with Crippen LogP contribution in [0.4, 0.5) is 5.82 Å². The Balaban J connectivity index is 1.85. The summed E-state index contributed by atoms with van der Waals surface area (Å²) < 4.78 is 0. The molecule has 1 aliphatic carbocycles. The van der Waals surface area contributed by atoms with Crippen molar-refractivity contribution in [1.82, 2.24) is 15.5 Å². The van der Waals surface area contributed by atoms with Crippen LogP contribution in [0.25, 0.3) is 0 Å². The number of nitrogens with zero attached hydrogens (tertiary/aromatic N) is 2. The molecule has 5 nitrogen and oxygen atoms in total. The van der Waals surface area contributed by atoms with E-state index in [0.717, 1.165) is 6.54 Å². The number of carbonyl (C=O) groups is 1. The van der Waals surface area contributed by atoms with Crippen LogP contribution in [-0.4, -0.2) is 29.7 Å². The van der Waals surface area contributed by atoms with Crippen molar-refractivity contribution in [3.63, 3.8) is 0 Å². The Hall–Kier alpha value is -1.65. The first-order chi connectivity index (χ1) is 8.29. The Morgan fingerprint density at radius 2 is 2.12 bits per heavy atom. The molecule has 0 saturated heterocycles. The van der Waals surface area contributed by atoms with Crippen LogP contribution < -0.4 is 10.6 Å². The Bertz CT molecular complexity index is 371. The van der Waals surface area contributed by atoms with Gasteiger partial charge in [0.1, 0.15) is 5.82 Å². The highest BCUT2D eigenvalue weighted by molar-refractivity contribution is 5.92. The predicted octanol–water partition coefficient (Wildman–Crippen LogP) is 1.44. The molecule has 1 amide bonds. The molecule has 0 unspecified atom stereocenters. The predicted molar refractivity (Wildman–Crippen MR) is 65.9 cm³/mol. The van der Waals surface area contributed by atoms with Crippen molar-refractivity contribution in [2.45, 2.75) is 25.7 Å². The molecule has 2 N–H and O–H groups in total. The topological polar surface area (TPSA) is 66.9 Å². The number of hydrogen-bond donors (Lipinski definition) is 2. The number of anilines is 1. The van der Waals surface area contributed by atoms with Crippen LogP contribution in [0, 0.1) is 5.92 Å². The van der Waals surface area contributed by atoms with Crippen LogP contribution in [0.3, 0.4) is 0 Å². The molecule has 1 aliphatic rings. The van der Waals surface area contributed by atoms with Crippen molar-refractivity contribution >= 4 is 11.7 Å². The third-order valence-electron chi connectivity index (χ3n) is 3.18. The Morgan fingerprint density at radius 1 is 1.35 bits per heavy atom. The molecule has 0 aliphatic heterocycles. The second-order valence-electron chi connectivity index (χ2n) is 4.41. The third kappa shape index (κ3) is 3.15. The van der Waals surface area contributed by atoms with Gasteiger partial charge in [0, 0.05) is 13.6 Å². The van der Waals surface area contributed by atoms with Gasteiger partial charge in [0.25, 0.3) is 5.91 Å². The van der Waals surface area contributed by atoms with Crippen molar-refractivity contribution in [2.75, 3.05) is 18.9 Å². The van der Waals surface area contributed by atoms with Gasteiger partial charge in [-0.15, -0.1) is 10.2 Å². The van der Waals surface area contributed by atoms with E-state index in [1.54, 1.807) is 19.2 Å². The lowest BCUT2D eigenvalue weighted by Gasteiger charge is -2.09. The molecule has 2 rings (SSSR count). The molecule has 17 heavy (non-hydrogen) atoms. The number of nitrogens with one attached hydrogen (secondary N) is 2. The molecule has 5 heteroatoms. The van der Waals surface area contributed by atoms with E-state index in [4.69, 9.17) is 0 Å². The lowest BCUT2D eigenvalue weighted by molar-refractivity contribution is 0.0941. The van der Waals surface area contributed by atoms with E-state index in [2.05, 4.69) is 20.8 Å². The van der Waals surface area contributed by atoms with Gasteiger partial charge in [-0.3, -0.25) is 4.79 Å². The van der Waals surface area contributed by atoms with E-state index in [0.29, 0.717) is 17.4 Å². The number of aromatic nitrogens is 2. The zero-order chi connectivity index (χ0) is 12.1. The molecular formula is C12H18N4O. The second kappa shape index (κ2) is 5.61. The fourth-order valence-electron chi connectivity index (χ4n) is 2.13. The van der Waals surface area contributed by atoms with Gasteiger partial charge < -0.3 is 10.6 Å². The zero-order valence-corrected chi connectivity index (χ0v) is 10.1. The molecule has 0 spiro atoms. The summed E-state index contributed by atoms with van der Waals surface area (Å²) in [6.07, 6.45) is 5.03. The Morgan fingerprint density at radius 3 is 2.71 bits per heavy atom. The number of rotatable bonds is 4.